The molecule has 2 N–H and O–H groups in total. The van der Waals surface area contributed by atoms with Gasteiger partial charge in [0, 0.05) is 12.0 Å². The first-order valence-corrected chi connectivity index (χ1v) is 7.49. The summed E-state index contributed by atoms with van der Waals surface area (Å²) >= 11 is 0. The van der Waals surface area contributed by atoms with E-state index in [1.165, 1.54) is 0 Å². The maximum Gasteiger partial charge on any atom is 0.368 e. The van der Waals surface area contributed by atoms with Crippen LogP contribution in [0, 0.1) is 0 Å². The summed E-state index contributed by atoms with van der Waals surface area (Å²) in [7, 11) is -4.26. The van der Waals surface area contributed by atoms with Crippen LogP contribution in [0.4, 0.5) is 0 Å². The fourth-order valence-electron chi connectivity index (χ4n) is 2.08. The molecule has 19 heavy (non-hydrogen) atoms. The third-order valence-electron chi connectivity index (χ3n) is 3.11. The van der Waals surface area contributed by atoms with Crippen LogP contribution in [0.25, 0.3) is 10.8 Å². The molecule has 0 aromatic heterocycles. The van der Waals surface area contributed by atoms with Gasteiger partial charge >= 0.3 is 7.60 Å². The molecule has 0 bridgehead atoms. The molecule has 6 heteroatoms. The number of hydrogen-bond acceptors (Lipinski definition) is 3. The Morgan fingerprint density at radius 1 is 1.16 bits per heavy atom. The van der Waals surface area contributed by atoms with Gasteiger partial charge in [-0.25, -0.2) is 0 Å². The van der Waals surface area contributed by atoms with Crippen molar-refractivity contribution in [2.24, 2.45) is 5.16 Å². The van der Waals surface area contributed by atoms with Crippen molar-refractivity contribution < 1.29 is 19.2 Å². The SMILES string of the molecule is O=P(O)(O)C1CC(c2ccc3ccccc3c2)=NO1. The summed E-state index contributed by atoms with van der Waals surface area (Å²) in [6.45, 7) is 0. The molecule has 0 spiro atoms. The minimum atomic E-state index is -4.26. The van der Waals surface area contributed by atoms with Crippen molar-refractivity contribution in [2.45, 2.75) is 12.3 Å². The van der Waals surface area contributed by atoms with Crippen LogP contribution in [0.3, 0.4) is 0 Å². The van der Waals surface area contributed by atoms with Gasteiger partial charge in [-0.3, -0.25) is 4.57 Å². The second-order valence-electron chi connectivity index (χ2n) is 4.45. The minimum Gasteiger partial charge on any atom is -0.379 e. The third-order valence-corrected chi connectivity index (χ3v) is 4.14. The molecule has 1 heterocycles. The van der Waals surface area contributed by atoms with Crippen LogP contribution in [0.1, 0.15) is 12.0 Å². The van der Waals surface area contributed by atoms with Crippen molar-refractivity contribution in [3.05, 3.63) is 48.0 Å². The van der Waals surface area contributed by atoms with Gasteiger partial charge in [0.2, 0.25) is 5.85 Å². The lowest BCUT2D eigenvalue weighted by Crippen LogP contribution is -2.08. The predicted molar refractivity (Wildman–Crippen MR) is 72.0 cm³/mol. The van der Waals surface area contributed by atoms with Crippen LogP contribution in [0.15, 0.2) is 47.6 Å². The van der Waals surface area contributed by atoms with Gasteiger partial charge in [0.25, 0.3) is 0 Å². The lowest BCUT2D eigenvalue weighted by Gasteiger charge is -2.09. The first-order valence-electron chi connectivity index (χ1n) is 5.81. The Morgan fingerprint density at radius 3 is 2.58 bits per heavy atom. The van der Waals surface area contributed by atoms with Crippen molar-refractivity contribution in [3.63, 3.8) is 0 Å². The maximum absolute atomic E-state index is 11.1. The van der Waals surface area contributed by atoms with E-state index in [9.17, 15) is 4.57 Å². The number of fused-ring (bicyclic) bond motifs is 1. The smallest absolute Gasteiger partial charge is 0.368 e. The molecule has 2 aromatic rings. The molecular formula is C13H12NO4P. The first-order chi connectivity index (χ1) is 9.04. The molecule has 1 atom stereocenters. The van der Waals surface area contributed by atoms with Crippen LogP contribution in [-0.4, -0.2) is 21.3 Å². The van der Waals surface area contributed by atoms with E-state index in [1.807, 2.05) is 42.5 Å². The van der Waals surface area contributed by atoms with E-state index >= 15 is 0 Å². The van der Waals surface area contributed by atoms with Crippen LogP contribution < -0.4 is 0 Å². The molecule has 0 saturated carbocycles. The van der Waals surface area contributed by atoms with Gasteiger partial charge in [-0.05, 0) is 16.8 Å². The van der Waals surface area contributed by atoms with Crippen molar-refractivity contribution in [1.82, 2.24) is 0 Å². The van der Waals surface area contributed by atoms with Crippen molar-refractivity contribution in [3.8, 4) is 0 Å². The number of nitrogens with zero attached hydrogens (tertiary/aromatic N) is 1. The third kappa shape index (κ3) is 2.40. The summed E-state index contributed by atoms with van der Waals surface area (Å²) < 4.78 is 11.1. The zero-order chi connectivity index (χ0) is 13.5. The zero-order valence-corrected chi connectivity index (χ0v) is 10.8. The Morgan fingerprint density at radius 2 is 1.89 bits per heavy atom. The molecule has 2 aromatic carbocycles. The van der Waals surface area contributed by atoms with Gasteiger partial charge in [-0.15, -0.1) is 0 Å². The van der Waals surface area contributed by atoms with Gasteiger partial charge < -0.3 is 14.6 Å². The van der Waals surface area contributed by atoms with E-state index in [1.54, 1.807) is 0 Å². The molecule has 0 fully saturated rings. The molecule has 0 saturated heterocycles. The van der Waals surface area contributed by atoms with Crippen LogP contribution in [0.2, 0.25) is 0 Å². The van der Waals surface area contributed by atoms with Crippen LogP contribution in [-0.2, 0) is 9.40 Å². The molecule has 98 valence electrons. The first kappa shape index (κ1) is 12.4. The number of oxime groups is 1. The highest BCUT2D eigenvalue weighted by Crippen LogP contribution is 2.46. The summed E-state index contributed by atoms with van der Waals surface area (Å²) in [5.74, 6) is -1.16. The maximum atomic E-state index is 11.1. The average Bonchev–Trinajstić information content (AvgIpc) is 2.87. The van der Waals surface area contributed by atoms with E-state index in [-0.39, 0.29) is 6.42 Å². The molecule has 1 aliphatic heterocycles. The van der Waals surface area contributed by atoms with Gasteiger partial charge in [0.15, 0.2) is 0 Å². The highest BCUT2D eigenvalue weighted by molar-refractivity contribution is 7.52. The quantitative estimate of drug-likeness (QED) is 0.826. The highest BCUT2D eigenvalue weighted by Gasteiger charge is 2.36. The summed E-state index contributed by atoms with van der Waals surface area (Å²) in [4.78, 5) is 23.0. The molecular weight excluding hydrogens is 265 g/mol. The standard InChI is InChI=1S/C13H12NO4P/c15-19(16,17)13-8-12(14-18-13)11-6-5-9-3-1-2-4-10(9)7-11/h1-7,13H,8H2,(H2,15,16,17). The molecule has 3 rings (SSSR count). The monoisotopic (exact) mass is 277 g/mol. The lowest BCUT2D eigenvalue weighted by atomic mass is 10.0. The van der Waals surface area contributed by atoms with Gasteiger partial charge in [0.05, 0.1) is 5.71 Å². The highest BCUT2D eigenvalue weighted by atomic mass is 31.2. The molecule has 1 unspecified atom stereocenters. The largest absolute Gasteiger partial charge is 0.379 e. The van der Waals surface area contributed by atoms with Crippen LogP contribution in [0.5, 0.6) is 0 Å². The average molecular weight is 277 g/mol. The van der Waals surface area contributed by atoms with E-state index < -0.39 is 13.4 Å². The molecule has 1 aliphatic rings. The van der Waals surface area contributed by atoms with E-state index in [0.29, 0.717) is 5.71 Å². The molecule has 5 nitrogen and oxygen atoms in total. The number of rotatable bonds is 2. The van der Waals surface area contributed by atoms with Crippen LogP contribution >= 0.6 is 7.60 Å². The Kier molecular flexibility index (Phi) is 2.90. The van der Waals surface area contributed by atoms with Gasteiger partial charge in [-0.2, -0.15) is 0 Å². The van der Waals surface area contributed by atoms with Crippen molar-refractivity contribution >= 4 is 24.1 Å². The Labute approximate surface area is 109 Å². The summed E-state index contributed by atoms with van der Waals surface area (Å²) in [6.07, 6.45) is 0.128. The molecule has 0 radical (unpaired) electrons. The Balaban J connectivity index is 1.92. The van der Waals surface area contributed by atoms with Gasteiger partial charge in [-0.1, -0.05) is 41.6 Å². The number of benzene rings is 2. The Hall–Kier alpha value is -1.68. The van der Waals surface area contributed by atoms with Gasteiger partial charge in [0.1, 0.15) is 0 Å². The fourth-order valence-corrected chi connectivity index (χ4v) is 2.66. The molecule has 0 aliphatic carbocycles. The molecule has 0 amide bonds. The fraction of sp³-hybridized carbons (Fsp3) is 0.154. The second-order valence-corrected chi connectivity index (χ2v) is 6.21. The lowest BCUT2D eigenvalue weighted by molar-refractivity contribution is 0.117. The Bertz CT molecular complexity index is 707. The minimum absolute atomic E-state index is 0.128. The van der Waals surface area contributed by atoms with E-state index in [0.717, 1.165) is 16.3 Å². The van der Waals surface area contributed by atoms with E-state index in [2.05, 4.69) is 5.16 Å². The summed E-state index contributed by atoms with van der Waals surface area (Å²) in [5.41, 5.74) is 1.40. The summed E-state index contributed by atoms with van der Waals surface area (Å²) in [5, 5.41) is 5.95. The predicted octanol–water partition coefficient (Wildman–Crippen LogP) is 2.47. The summed E-state index contributed by atoms with van der Waals surface area (Å²) in [6, 6.07) is 13.7. The van der Waals surface area contributed by atoms with Crippen molar-refractivity contribution in [1.29, 1.82) is 0 Å². The number of hydrogen-bond donors (Lipinski definition) is 2. The zero-order valence-electron chi connectivity index (χ0n) is 9.93. The topological polar surface area (TPSA) is 79.1 Å². The second kappa shape index (κ2) is 4.46. The van der Waals surface area contributed by atoms with Crippen molar-refractivity contribution in [2.75, 3.05) is 0 Å². The van der Waals surface area contributed by atoms with E-state index in [4.69, 9.17) is 14.6 Å². The normalized spacial score (nSPS) is 19.3.